The van der Waals surface area contributed by atoms with E-state index >= 15 is 0 Å². The van der Waals surface area contributed by atoms with Crippen molar-refractivity contribution in [3.8, 4) is 0 Å². The molecule has 0 spiro atoms. The van der Waals surface area contributed by atoms with Crippen LogP contribution in [0.2, 0.25) is 0 Å². The van der Waals surface area contributed by atoms with E-state index in [-0.39, 0.29) is 5.91 Å². The van der Waals surface area contributed by atoms with E-state index in [0.29, 0.717) is 5.71 Å². The second-order valence-electron chi connectivity index (χ2n) is 3.22. The summed E-state index contributed by atoms with van der Waals surface area (Å²) in [6, 6.07) is 9.59. The van der Waals surface area contributed by atoms with Gasteiger partial charge < -0.3 is 0 Å². The lowest BCUT2D eigenvalue weighted by Gasteiger charge is -2.13. The number of hydrogen-bond donors (Lipinski definition) is 0. The molecule has 0 saturated heterocycles. The number of carbonyl (C=O) groups excluding carboxylic acids is 1. The van der Waals surface area contributed by atoms with Gasteiger partial charge in [-0.15, -0.1) is 0 Å². The molecule has 1 amide bonds. The Kier molecular flexibility index (Phi) is 2.68. The molecule has 0 saturated carbocycles. The number of alkyl halides is 2. The second kappa shape index (κ2) is 3.72. The molecule has 3 nitrogen and oxygen atoms in total. The maximum Gasteiger partial charge on any atom is 0.276 e. The van der Waals surface area contributed by atoms with Crippen molar-refractivity contribution in [3.63, 3.8) is 0 Å². The van der Waals surface area contributed by atoms with E-state index < -0.39 is 3.23 Å². The van der Waals surface area contributed by atoms with E-state index in [1.165, 1.54) is 5.01 Å². The Morgan fingerprint density at radius 3 is 2.33 bits per heavy atom. The molecule has 1 aromatic carbocycles. The largest absolute Gasteiger partial charge is 0.276 e. The molecule has 0 N–H and O–H groups in total. The van der Waals surface area contributed by atoms with Gasteiger partial charge in [-0.05, 0) is 0 Å². The van der Waals surface area contributed by atoms with Gasteiger partial charge in [0.15, 0.2) is 0 Å². The van der Waals surface area contributed by atoms with E-state index in [0.717, 1.165) is 5.56 Å². The predicted octanol–water partition coefficient (Wildman–Crippen LogP) is 2.35. The fraction of sp³-hybridized carbons (Fsp3) is 0.200. The maximum atomic E-state index is 11.7. The van der Waals surface area contributed by atoms with Crippen LogP contribution in [0.4, 0.5) is 0 Å². The molecule has 1 aliphatic heterocycles. The molecule has 5 heteroatoms. The zero-order chi connectivity index (χ0) is 11.1. The van der Waals surface area contributed by atoms with Crippen LogP contribution in [-0.2, 0) is 4.79 Å². The molecule has 0 bridgehead atoms. The highest BCUT2D eigenvalue weighted by Crippen LogP contribution is 2.37. The lowest BCUT2D eigenvalue weighted by atomic mass is 10.1. The third kappa shape index (κ3) is 1.74. The minimum atomic E-state index is -0.893. The summed E-state index contributed by atoms with van der Waals surface area (Å²) in [7, 11) is 1.63. The van der Waals surface area contributed by atoms with Crippen molar-refractivity contribution in [1.82, 2.24) is 5.01 Å². The number of benzene rings is 1. The van der Waals surface area contributed by atoms with E-state index in [4.69, 9.17) is 0 Å². The summed E-state index contributed by atoms with van der Waals surface area (Å²) in [5.41, 5.74) is 1.60. The first kappa shape index (κ1) is 10.8. The van der Waals surface area contributed by atoms with Crippen LogP contribution < -0.4 is 0 Å². The van der Waals surface area contributed by atoms with Crippen molar-refractivity contribution in [2.45, 2.75) is 3.23 Å². The van der Waals surface area contributed by atoms with Crippen LogP contribution in [0.25, 0.3) is 0 Å². The number of hydrogen-bond acceptors (Lipinski definition) is 2. The van der Waals surface area contributed by atoms with E-state index in [1.807, 2.05) is 30.3 Å². The zero-order valence-corrected chi connectivity index (χ0v) is 11.1. The molecule has 0 atom stereocenters. The monoisotopic (exact) mass is 330 g/mol. The summed E-state index contributed by atoms with van der Waals surface area (Å²) < 4.78 is -0.893. The Morgan fingerprint density at radius 2 is 1.87 bits per heavy atom. The minimum Gasteiger partial charge on any atom is -0.270 e. The molecule has 0 unspecified atom stereocenters. The van der Waals surface area contributed by atoms with Gasteiger partial charge in [0.05, 0.1) is 0 Å². The van der Waals surface area contributed by atoms with Crippen molar-refractivity contribution in [2.24, 2.45) is 5.10 Å². The molecule has 15 heavy (non-hydrogen) atoms. The molecule has 1 aromatic rings. The number of halogens is 2. The van der Waals surface area contributed by atoms with Gasteiger partial charge in [-0.1, -0.05) is 62.2 Å². The first-order valence-electron chi connectivity index (χ1n) is 4.34. The smallest absolute Gasteiger partial charge is 0.270 e. The molecule has 1 aliphatic rings. The fourth-order valence-electron chi connectivity index (χ4n) is 1.40. The molecule has 78 valence electrons. The van der Waals surface area contributed by atoms with Crippen LogP contribution in [0.1, 0.15) is 5.56 Å². The Hall–Kier alpha value is -0.680. The number of rotatable bonds is 1. The summed E-state index contributed by atoms with van der Waals surface area (Å²) in [5, 5.41) is 5.52. The van der Waals surface area contributed by atoms with Crippen LogP contribution in [0.15, 0.2) is 35.4 Å². The highest BCUT2D eigenvalue weighted by Gasteiger charge is 2.46. The van der Waals surface area contributed by atoms with E-state index in [1.54, 1.807) is 7.05 Å². The maximum absolute atomic E-state index is 11.7. The van der Waals surface area contributed by atoms with Crippen molar-refractivity contribution in [1.29, 1.82) is 0 Å². The Labute approximate surface area is 104 Å². The Bertz CT molecular complexity index is 428. The Morgan fingerprint density at radius 1 is 1.27 bits per heavy atom. The molecule has 0 aromatic heterocycles. The van der Waals surface area contributed by atoms with Crippen molar-refractivity contribution < 1.29 is 4.79 Å². The molecule has 0 radical (unpaired) electrons. The van der Waals surface area contributed by atoms with Gasteiger partial charge in [0.1, 0.15) is 5.71 Å². The van der Waals surface area contributed by atoms with Gasteiger partial charge in [0.2, 0.25) is 3.23 Å². The summed E-state index contributed by atoms with van der Waals surface area (Å²) >= 11 is 6.69. The Balaban J connectivity index is 2.48. The van der Waals surface area contributed by atoms with Gasteiger partial charge in [-0.25, -0.2) is 5.01 Å². The highest BCUT2D eigenvalue weighted by atomic mass is 79.9. The molecule has 2 rings (SSSR count). The van der Waals surface area contributed by atoms with Gasteiger partial charge in [0, 0.05) is 12.6 Å². The van der Waals surface area contributed by atoms with E-state index in [9.17, 15) is 4.79 Å². The summed E-state index contributed by atoms with van der Waals surface area (Å²) in [5.74, 6) is -0.124. The van der Waals surface area contributed by atoms with Crippen molar-refractivity contribution >= 4 is 43.5 Å². The lowest BCUT2D eigenvalue weighted by molar-refractivity contribution is -0.127. The average molecular weight is 332 g/mol. The standard InChI is InChI=1S/C10H8Br2N2O/c1-14-9(15)10(11,12)8(13-14)7-5-3-2-4-6-7/h2-6H,1H3. The normalized spacial score (nSPS) is 19.3. The van der Waals surface area contributed by atoms with Crippen molar-refractivity contribution in [2.75, 3.05) is 7.05 Å². The number of carbonyl (C=O) groups is 1. The van der Waals surface area contributed by atoms with Crippen LogP contribution in [0.5, 0.6) is 0 Å². The van der Waals surface area contributed by atoms with E-state index in [2.05, 4.69) is 37.0 Å². The van der Waals surface area contributed by atoms with Crippen LogP contribution in [-0.4, -0.2) is 26.9 Å². The van der Waals surface area contributed by atoms with Crippen LogP contribution >= 0.6 is 31.9 Å². The topological polar surface area (TPSA) is 32.7 Å². The fourth-order valence-corrected chi connectivity index (χ4v) is 2.53. The van der Waals surface area contributed by atoms with Gasteiger partial charge in [0.25, 0.3) is 5.91 Å². The van der Waals surface area contributed by atoms with Gasteiger partial charge in [-0.2, -0.15) is 5.10 Å². The molecule has 0 fully saturated rings. The summed E-state index contributed by atoms with van der Waals surface area (Å²) in [6.07, 6.45) is 0. The summed E-state index contributed by atoms with van der Waals surface area (Å²) in [6.45, 7) is 0. The molecule has 0 aliphatic carbocycles. The quantitative estimate of drug-likeness (QED) is 0.727. The highest BCUT2D eigenvalue weighted by molar-refractivity contribution is 9.26. The van der Waals surface area contributed by atoms with Gasteiger partial charge in [-0.3, -0.25) is 4.79 Å². The SMILES string of the molecule is CN1N=C(c2ccccc2)C(Br)(Br)C1=O. The average Bonchev–Trinajstić information content (AvgIpc) is 2.43. The third-order valence-corrected chi connectivity index (χ3v) is 3.59. The summed E-state index contributed by atoms with van der Waals surface area (Å²) in [4.78, 5) is 11.7. The third-order valence-electron chi connectivity index (χ3n) is 2.16. The lowest BCUT2D eigenvalue weighted by Crippen LogP contribution is -2.34. The molecular formula is C10H8Br2N2O. The number of amides is 1. The predicted molar refractivity (Wildman–Crippen MR) is 66.3 cm³/mol. The molecular weight excluding hydrogens is 324 g/mol. The molecule has 1 heterocycles. The van der Waals surface area contributed by atoms with Crippen LogP contribution in [0.3, 0.4) is 0 Å². The number of hydrazone groups is 1. The zero-order valence-electron chi connectivity index (χ0n) is 7.95. The first-order valence-corrected chi connectivity index (χ1v) is 5.92. The van der Waals surface area contributed by atoms with Gasteiger partial charge >= 0.3 is 0 Å². The van der Waals surface area contributed by atoms with Crippen LogP contribution in [0, 0.1) is 0 Å². The first-order chi connectivity index (χ1) is 7.03. The second-order valence-corrected chi connectivity index (χ2v) is 6.66. The number of nitrogens with zero attached hydrogens (tertiary/aromatic N) is 2. The van der Waals surface area contributed by atoms with Crippen molar-refractivity contribution in [3.05, 3.63) is 35.9 Å². The minimum absolute atomic E-state index is 0.124.